The van der Waals surface area contributed by atoms with Gasteiger partial charge in [-0.2, -0.15) is 0 Å². The first-order valence-corrected chi connectivity index (χ1v) is 12.1. The van der Waals surface area contributed by atoms with Gasteiger partial charge in [-0.3, -0.25) is 15.1 Å². The van der Waals surface area contributed by atoms with E-state index in [-0.39, 0.29) is 17.8 Å². The first-order chi connectivity index (χ1) is 18.0. The van der Waals surface area contributed by atoms with E-state index < -0.39 is 4.92 Å². The van der Waals surface area contributed by atoms with Gasteiger partial charge in [0.1, 0.15) is 29.1 Å². The molecular formula is C27H24N4O5S. The summed E-state index contributed by atoms with van der Waals surface area (Å²) in [6.45, 7) is 2.52. The highest BCUT2D eigenvalue weighted by Gasteiger charge is 2.42. The van der Waals surface area contributed by atoms with Gasteiger partial charge >= 0.3 is 0 Å². The number of nitro benzene ring substituents is 1. The summed E-state index contributed by atoms with van der Waals surface area (Å²) in [4.78, 5) is 17.3. The van der Waals surface area contributed by atoms with Crippen LogP contribution in [-0.2, 0) is 0 Å². The van der Waals surface area contributed by atoms with E-state index in [4.69, 9.17) is 26.1 Å². The van der Waals surface area contributed by atoms with Crippen LogP contribution in [0.2, 0.25) is 0 Å². The predicted octanol–water partition coefficient (Wildman–Crippen LogP) is 5.83. The smallest absolute Gasteiger partial charge is 0.273 e. The summed E-state index contributed by atoms with van der Waals surface area (Å²) in [7, 11) is 1.47. The van der Waals surface area contributed by atoms with Crippen molar-refractivity contribution < 1.29 is 18.8 Å². The molecule has 2 atom stereocenters. The first-order valence-electron chi connectivity index (χ1n) is 11.7. The molecule has 37 heavy (non-hydrogen) atoms. The number of hydrogen-bond donors (Lipinski definition) is 1. The second-order valence-electron chi connectivity index (χ2n) is 8.27. The zero-order chi connectivity index (χ0) is 25.9. The highest BCUT2D eigenvalue weighted by molar-refractivity contribution is 7.80. The Morgan fingerprint density at radius 2 is 1.95 bits per heavy atom. The molecule has 1 aliphatic rings. The van der Waals surface area contributed by atoms with Gasteiger partial charge in [-0.15, -0.1) is 0 Å². The molecule has 1 aliphatic heterocycles. The van der Waals surface area contributed by atoms with E-state index in [2.05, 4.69) is 10.3 Å². The number of benzene rings is 2. The molecule has 0 aliphatic carbocycles. The lowest BCUT2D eigenvalue weighted by Gasteiger charge is -2.26. The summed E-state index contributed by atoms with van der Waals surface area (Å²) >= 11 is 5.77. The fraction of sp³-hybridized carbons (Fsp3) is 0.185. The number of furan rings is 1. The van der Waals surface area contributed by atoms with E-state index in [0.717, 1.165) is 17.1 Å². The minimum Gasteiger partial charge on any atom is -0.496 e. The van der Waals surface area contributed by atoms with E-state index in [1.807, 2.05) is 66.4 Å². The molecule has 0 bridgehead atoms. The van der Waals surface area contributed by atoms with Crippen molar-refractivity contribution in [2.45, 2.75) is 19.0 Å². The van der Waals surface area contributed by atoms with E-state index in [9.17, 15) is 10.1 Å². The molecule has 0 saturated carbocycles. The quantitative estimate of drug-likeness (QED) is 0.176. The Hall–Kier alpha value is -4.44. The summed E-state index contributed by atoms with van der Waals surface area (Å²) in [6.07, 6.45) is 1.74. The molecule has 0 amide bonds. The van der Waals surface area contributed by atoms with E-state index in [1.165, 1.54) is 19.2 Å². The van der Waals surface area contributed by atoms with Crippen LogP contribution in [0, 0.1) is 10.1 Å². The number of methoxy groups -OCH3 is 1. The van der Waals surface area contributed by atoms with Gasteiger partial charge in [0.2, 0.25) is 0 Å². The number of nitrogens with one attached hydrogen (secondary N) is 1. The van der Waals surface area contributed by atoms with Crippen molar-refractivity contribution >= 4 is 28.7 Å². The fourth-order valence-corrected chi connectivity index (χ4v) is 4.79. The largest absolute Gasteiger partial charge is 0.496 e. The van der Waals surface area contributed by atoms with Gasteiger partial charge in [-0.1, -0.05) is 6.07 Å². The van der Waals surface area contributed by atoms with Gasteiger partial charge in [-0.05, 0) is 73.7 Å². The van der Waals surface area contributed by atoms with Gasteiger partial charge in [0, 0.05) is 18.0 Å². The molecular weight excluding hydrogens is 492 g/mol. The molecule has 4 aromatic rings. The SMILES string of the molecule is CCOc1ccc(N2C(=S)N[C@@H](c3ccccn3)[C@H]2c2ccc(-c3ccc([N+](=O)[O-])cc3OC)o2)cc1. The summed E-state index contributed by atoms with van der Waals surface area (Å²) in [5.41, 5.74) is 2.23. The maximum absolute atomic E-state index is 11.2. The van der Waals surface area contributed by atoms with E-state index in [0.29, 0.717) is 34.6 Å². The van der Waals surface area contributed by atoms with Crippen molar-refractivity contribution in [3.8, 4) is 22.8 Å². The molecule has 188 valence electrons. The summed E-state index contributed by atoms with van der Waals surface area (Å²) < 4.78 is 17.4. The van der Waals surface area contributed by atoms with Gasteiger partial charge in [0.15, 0.2) is 5.11 Å². The number of ether oxygens (including phenoxy) is 2. The second-order valence-corrected chi connectivity index (χ2v) is 8.65. The zero-order valence-electron chi connectivity index (χ0n) is 20.2. The molecule has 0 radical (unpaired) electrons. The molecule has 2 aromatic carbocycles. The Morgan fingerprint density at radius 1 is 1.14 bits per heavy atom. The molecule has 3 heterocycles. The third-order valence-electron chi connectivity index (χ3n) is 6.10. The summed E-state index contributed by atoms with van der Waals surface area (Å²) in [5, 5.41) is 15.2. The standard InChI is InChI=1S/C27H24N4O5S/c1-3-35-19-10-7-17(8-11-19)30-26(25(29-27(30)37)21-6-4-5-15-28-21)23-14-13-22(36-23)20-12-9-18(31(32)33)16-24(20)34-2/h4-16,25-26H,3H2,1-2H3,(H,29,37)/t25-,26+/m0/s1. The molecule has 2 aromatic heterocycles. The topological polar surface area (TPSA) is 103 Å². The first kappa shape index (κ1) is 24.3. The fourth-order valence-electron chi connectivity index (χ4n) is 4.45. The number of anilines is 1. The third-order valence-corrected chi connectivity index (χ3v) is 6.42. The normalized spacial score (nSPS) is 16.9. The minimum atomic E-state index is -0.461. The lowest BCUT2D eigenvalue weighted by Crippen LogP contribution is -2.29. The van der Waals surface area contributed by atoms with Gasteiger partial charge < -0.3 is 24.1 Å². The highest BCUT2D eigenvalue weighted by Crippen LogP contribution is 2.44. The van der Waals surface area contributed by atoms with Crippen molar-refractivity contribution in [1.82, 2.24) is 10.3 Å². The number of non-ortho nitro benzene ring substituents is 1. The third kappa shape index (κ3) is 4.70. The number of rotatable bonds is 8. The molecule has 9 nitrogen and oxygen atoms in total. The van der Waals surface area contributed by atoms with Crippen LogP contribution >= 0.6 is 12.2 Å². The molecule has 0 unspecified atom stereocenters. The molecule has 0 spiro atoms. The van der Waals surface area contributed by atoms with Gasteiger partial charge in [-0.25, -0.2) is 0 Å². The van der Waals surface area contributed by atoms with Crippen molar-refractivity contribution in [3.05, 3.63) is 101 Å². The van der Waals surface area contributed by atoms with Crippen molar-refractivity contribution in [2.24, 2.45) is 0 Å². The van der Waals surface area contributed by atoms with Crippen LogP contribution in [0.15, 0.2) is 83.4 Å². The second kappa shape index (κ2) is 10.3. The van der Waals surface area contributed by atoms with Crippen LogP contribution in [0.3, 0.4) is 0 Å². The monoisotopic (exact) mass is 516 g/mol. The highest BCUT2D eigenvalue weighted by atomic mass is 32.1. The number of pyridine rings is 1. The van der Waals surface area contributed by atoms with Crippen LogP contribution in [0.25, 0.3) is 11.3 Å². The molecule has 1 N–H and O–H groups in total. The van der Waals surface area contributed by atoms with Crippen LogP contribution in [0.1, 0.15) is 30.5 Å². The van der Waals surface area contributed by atoms with Gasteiger partial charge in [0.25, 0.3) is 5.69 Å². The number of nitrogens with zero attached hydrogens (tertiary/aromatic N) is 3. The van der Waals surface area contributed by atoms with Crippen molar-refractivity contribution in [2.75, 3.05) is 18.6 Å². The molecule has 5 rings (SSSR count). The van der Waals surface area contributed by atoms with Crippen LogP contribution in [-0.4, -0.2) is 28.7 Å². The Bertz CT molecular complexity index is 1420. The molecule has 10 heteroatoms. The molecule has 1 saturated heterocycles. The van der Waals surface area contributed by atoms with E-state index in [1.54, 1.807) is 12.3 Å². The Morgan fingerprint density at radius 3 is 2.62 bits per heavy atom. The van der Waals surface area contributed by atoms with Gasteiger partial charge in [0.05, 0.1) is 42.0 Å². The Labute approximate surface area is 218 Å². The van der Waals surface area contributed by atoms with Crippen LogP contribution in [0.5, 0.6) is 11.5 Å². The van der Waals surface area contributed by atoms with Crippen LogP contribution < -0.4 is 19.7 Å². The Kier molecular flexibility index (Phi) is 6.74. The number of nitro groups is 1. The molecule has 1 fully saturated rings. The van der Waals surface area contributed by atoms with Crippen molar-refractivity contribution in [3.63, 3.8) is 0 Å². The minimum absolute atomic E-state index is 0.0605. The number of hydrogen-bond acceptors (Lipinski definition) is 7. The van der Waals surface area contributed by atoms with Crippen LogP contribution in [0.4, 0.5) is 11.4 Å². The summed E-state index contributed by atoms with van der Waals surface area (Å²) in [5.74, 6) is 2.28. The number of aromatic nitrogens is 1. The Balaban J connectivity index is 1.57. The maximum atomic E-state index is 11.2. The number of thiocarbonyl (C=S) groups is 1. The lowest BCUT2D eigenvalue weighted by molar-refractivity contribution is -0.384. The van der Waals surface area contributed by atoms with E-state index >= 15 is 0 Å². The predicted molar refractivity (Wildman–Crippen MR) is 143 cm³/mol. The maximum Gasteiger partial charge on any atom is 0.273 e. The summed E-state index contributed by atoms with van der Waals surface area (Å²) in [6, 6.07) is 21.0. The van der Waals surface area contributed by atoms with Crippen molar-refractivity contribution in [1.29, 1.82) is 0 Å². The average molecular weight is 517 g/mol. The lowest BCUT2D eigenvalue weighted by atomic mass is 10.0. The average Bonchev–Trinajstić information content (AvgIpc) is 3.54. The zero-order valence-corrected chi connectivity index (χ0v) is 21.0.